The van der Waals surface area contributed by atoms with Crippen molar-refractivity contribution in [3.63, 3.8) is 0 Å². The maximum atomic E-state index is 13.0. The molecule has 3 rings (SSSR count). The summed E-state index contributed by atoms with van der Waals surface area (Å²) in [6, 6.07) is 13.4. The molecule has 1 saturated heterocycles. The van der Waals surface area contributed by atoms with E-state index in [-0.39, 0.29) is 11.3 Å². The summed E-state index contributed by atoms with van der Waals surface area (Å²) in [6.45, 7) is 0.722. The summed E-state index contributed by atoms with van der Waals surface area (Å²) in [7, 11) is 3.29. The van der Waals surface area contributed by atoms with Crippen molar-refractivity contribution in [3.8, 4) is 11.5 Å². The van der Waals surface area contributed by atoms with E-state index in [1.165, 1.54) is 0 Å². The first-order chi connectivity index (χ1) is 11.6. The molecule has 0 N–H and O–H groups in total. The van der Waals surface area contributed by atoms with Crippen LogP contribution in [0.3, 0.4) is 0 Å². The van der Waals surface area contributed by atoms with E-state index >= 15 is 0 Å². The Hall–Kier alpha value is -1.41. The Morgan fingerprint density at radius 3 is 2.75 bits per heavy atom. The monoisotopic (exact) mass is 455 g/mol. The highest BCUT2D eigenvalue weighted by Crippen LogP contribution is 2.43. The van der Waals surface area contributed by atoms with Gasteiger partial charge in [-0.25, -0.2) is 0 Å². The first-order valence-electron chi connectivity index (χ1n) is 7.54. The topological polar surface area (TPSA) is 38.8 Å². The zero-order valence-corrected chi connectivity index (χ0v) is 16.5. The third kappa shape index (κ3) is 3.49. The Bertz CT molecular complexity index is 753. The Balaban J connectivity index is 1.95. The average molecular weight is 455 g/mol. The van der Waals surface area contributed by atoms with Gasteiger partial charge in [0.25, 0.3) is 5.91 Å². The minimum atomic E-state index is -0.0691. The highest BCUT2D eigenvalue weighted by atomic mass is 127. The van der Waals surface area contributed by atoms with Gasteiger partial charge in [-0.15, -0.1) is 11.8 Å². The standard InChI is InChI=1S/C18H18INO3S/c1-22-14-6-7-16(23-2)15(11-14)18-20(8-9-24-18)17(21)12-4-3-5-13(19)10-12/h3-7,10-11,18H,8-9H2,1-2H3. The van der Waals surface area contributed by atoms with Crippen LogP contribution in [0.4, 0.5) is 0 Å². The van der Waals surface area contributed by atoms with Crippen molar-refractivity contribution in [2.45, 2.75) is 5.37 Å². The molecule has 0 saturated carbocycles. The lowest BCUT2D eigenvalue weighted by Crippen LogP contribution is -2.30. The lowest BCUT2D eigenvalue weighted by Gasteiger charge is -2.26. The summed E-state index contributed by atoms with van der Waals surface area (Å²) in [5.41, 5.74) is 1.69. The molecule has 6 heteroatoms. The molecule has 24 heavy (non-hydrogen) atoms. The zero-order chi connectivity index (χ0) is 17.1. The predicted octanol–water partition coefficient (Wildman–Crippen LogP) is 4.20. The Morgan fingerprint density at radius 2 is 2.04 bits per heavy atom. The van der Waals surface area contributed by atoms with Gasteiger partial charge in [0, 0.05) is 27.0 Å². The number of hydrogen-bond donors (Lipinski definition) is 0. The summed E-state index contributed by atoms with van der Waals surface area (Å²) in [5, 5.41) is -0.0691. The number of thioether (sulfide) groups is 1. The van der Waals surface area contributed by atoms with Crippen molar-refractivity contribution in [3.05, 3.63) is 57.2 Å². The number of benzene rings is 2. The molecule has 2 aromatic carbocycles. The summed E-state index contributed by atoms with van der Waals surface area (Å²) in [6.07, 6.45) is 0. The second-order valence-corrected chi connectivity index (χ2v) is 7.77. The summed E-state index contributed by atoms with van der Waals surface area (Å²) >= 11 is 3.97. The van der Waals surface area contributed by atoms with Crippen molar-refractivity contribution in [1.29, 1.82) is 0 Å². The number of methoxy groups -OCH3 is 2. The molecule has 0 bridgehead atoms. The van der Waals surface area contributed by atoms with E-state index in [0.29, 0.717) is 0 Å². The van der Waals surface area contributed by atoms with Gasteiger partial charge in [0.15, 0.2) is 0 Å². The van der Waals surface area contributed by atoms with Crippen LogP contribution in [0.1, 0.15) is 21.3 Å². The highest BCUT2D eigenvalue weighted by Gasteiger charge is 2.33. The molecule has 0 aliphatic carbocycles. The second-order valence-electron chi connectivity index (χ2n) is 5.34. The number of nitrogens with zero attached hydrogens (tertiary/aromatic N) is 1. The molecule has 1 unspecified atom stereocenters. The minimum Gasteiger partial charge on any atom is -0.497 e. The van der Waals surface area contributed by atoms with Crippen LogP contribution in [-0.2, 0) is 0 Å². The van der Waals surface area contributed by atoms with Crippen LogP contribution < -0.4 is 9.47 Å². The average Bonchev–Trinajstić information content (AvgIpc) is 3.10. The second kappa shape index (κ2) is 7.65. The van der Waals surface area contributed by atoms with E-state index < -0.39 is 0 Å². The smallest absolute Gasteiger partial charge is 0.255 e. The molecule has 1 aliphatic rings. The molecule has 0 aromatic heterocycles. The molecule has 0 radical (unpaired) electrons. The van der Waals surface area contributed by atoms with Crippen LogP contribution in [0.15, 0.2) is 42.5 Å². The number of carbonyl (C=O) groups is 1. The molecular weight excluding hydrogens is 437 g/mol. The maximum Gasteiger partial charge on any atom is 0.255 e. The van der Waals surface area contributed by atoms with Crippen LogP contribution in [0.2, 0.25) is 0 Å². The molecule has 0 spiro atoms. The lowest BCUT2D eigenvalue weighted by atomic mass is 10.1. The first-order valence-corrected chi connectivity index (χ1v) is 9.67. The van der Waals surface area contributed by atoms with Gasteiger partial charge >= 0.3 is 0 Å². The van der Waals surface area contributed by atoms with Gasteiger partial charge in [-0.3, -0.25) is 4.79 Å². The van der Waals surface area contributed by atoms with Crippen molar-refractivity contribution < 1.29 is 14.3 Å². The molecule has 4 nitrogen and oxygen atoms in total. The quantitative estimate of drug-likeness (QED) is 0.649. The zero-order valence-electron chi connectivity index (χ0n) is 13.5. The van der Waals surface area contributed by atoms with E-state index in [4.69, 9.17) is 9.47 Å². The summed E-state index contributed by atoms with van der Waals surface area (Å²) in [5.74, 6) is 2.49. The van der Waals surface area contributed by atoms with Crippen LogP contribution in [0.25, 0.3) is 0 Å². The molecule has 1 heterocycles. The number of halogens is 1. The van der Waals surface area contributed by atoms with Crippen molar-refractivity contribution in [2.24, 2.45) is 0 Å². The van der Waals surface area contributed by atoms with E-state index in [1.807, 2.05) is 47.4 Å². The van der Waals surface area contributed by atoms with Crippen LogP contribution in [0, 0.1) is 3.57 Å². The third-order valence-corrected chi connectivity index (χ3v) is 5.84. The van der Waals surface area contributed by atoms with Gasteiger partial charge in [0.05, 0.1) is 14.2 Å². The summed E-state index contributed by atoms with van der Waals surface area (Å²) in [4.78, 5) is 14.9. The number of rotatable bonds is 4. The van der Waals surface area contributed by atoms with E-state index in [2.05, 4.69) is 22.6 Å². The van der Waals surface area contributed by atoms with Gasteiger partial charge in [-0.05, 0) is 59.0 Å². The fourth-order valence-electron chi connectivity index (χ4n) is 2.76. The summed E-state index contributed by atoms with van der Waals surface area (Å²) < 4.78 is 11.9. The molecule has 1 atom stereocenters. The number of ether oxygens (including phenoxy) is 2. The maximum absolute atomic E-state index is 13.0. The van der Waals surface area contributed by atoms with E-state index in [0.717, 1.165) is 38.5 Å². The number of amides is 1. The Morgan fingerprint density at radius 1 is 1.21 bits per heavy atom. The van der Waals surface area contributed by atoms with Gasteiger partial charge in [0.2, 0.25) is 0 Å². The molecule has 2 aromatic rings. The van der Waals surface area contributed by atoms with E-state index in [1.54, 1.807) is 26.0 Å². The van der Waals surface area contributed by atoms with Gasteiger partial charge in [0.1, 0.15) is 16.9 Å². The van der Waals surface area contributed by atoms with Crippen molar-refractivity contribution >= 4 is 40.3 Å². The van der Waals surface area contributed by atoms with Gasteiger partial charge in [-0.1, -0.05) is 6.07 Å². The highest BCUT2D eigenvalue weighted by molar-refractivity contribution is 14.1. The first kappa shape index (κ1) is 17.4. The van der Waals surface area contributed by atoms with Crippen molar-refractivity contribution in [1.82, 2.24) is 4.90 Å². The van der Waals surface area contributed by atoms with Gasteiger partial charge in [-0.2, -0.15) is 0 Å². The van der Waals surface area contributed by atoms with Crippen molar-refractivity contribution in [2.75, 3.05) is 26.5 Å². The SMILES string of the molecule is COc1ccc(OC)c(C2SCCN2C(=O)c2cccc(I)c2)c1. The molecule has 126 valence electrons. The third-order valence-electron chi connectivity index (χ3n) is 3.93. The molecule has 1 fully saturated rings. The van der Waals surface area contributed by atoms with Crippen LogP contribution in [0.5, 0.6) is 11.5 Å². The number of hydrogen-bond acceptors (Lipinski definition) is 4. The molecule has 1 aliphatic heterocycles. The largest absolute Gasteiger partial charge is 0.497 e. The lowest BCUT2D eigenvalue weighted by molar-refractivity contribution is 0.0759. The van der Waals surface area contributed by atoms with Gasteiger partial charge < -0.3 is 14.4 Å². The molecule has 1 amide bonds. The fourth-order valence-corrected chi connectivity index (χ4v) is 4.57. The van der Waals surface area contributed by atoms with E-state index in [9.17, 15) is 4.79 Å². The van der Waals surface area contributed by atoms with Crippen LogP contribution >= 0.6 is 34.4 Å². The fraction of sp³-hybridized carbons (Fsp3) is 0.278. The minimum absolute atomic E-state index is 0.0494. The number of carbonyl (C=O) groups excluding carboxylic acids is 1. The van der Waals surface area contributed by atoms with Crippen LogP contribution in [-0.4, -0.2) is 37.3 Å². The normalized spacial score (nSPS) is 17.0. The Labute approximate surface area is 159 Å². The Kier molecular flexibility index (Phi) is 5.55. The molecular formula is C18H18INO3S. The predicted molar refractivity (Wildman–Crippen MR) is 105 cm³/mol.